The predicted molar refractivity (Wildman–Crippen MR) is 99.5 cm³/mol. The van der Waals surface area contributed by atoms with Crippen LogP contribution in [0.2, 0.25) is 18.1 Å². The van der Waals surface area contributed by atoms with Crippen molar-refractivity contribution in [2.45, 2.75) is 64.4 Å². The summed E-state index contributed by atoms with van der Waals surface area (Å²) >= 11 is 0. The van der Waals surface area contributed by atoms with E-state index in [-0.39, 0.29) is 17.2 Å². The second-order valence-electron chi connectivity index (χ2n) is 8.10. The molecule has 1 atom stereocenters. The topological polar surface area (TPSA) is 38.8 Å². The lowest BCUT2D eigenvalue weighted by Gasteiger charge is -2.37. The van der Waals surface area contributed by atoms with Crippen molar-refractivity contribution in [1.82, 2.24) is 4.90 Å². The van der Waals surface area contributed by atoms with Crippen molar-refractivity contribution in [3.63, 3.8) is 0 Å². The minimum Gasteiger partial charge on any atom is -0.445 e. The number of nitrogens with zero attached hydrogens (tertiary/aromatic N) is 1. The maximum atomic E-state index is 12.4. The Kier molecular flexibility index (Phi) is 6.10. The molecule has 1 aliphatic rings. The summed E-state index contributed by atoms with van der Waals surface area (Å²) < 4.78 is 11.8. The molecule has 1 aromatic carbocycles. The fourth-order valence-corrected chi connectivity index (χ4v) is 3.61. The van der Waals surface area contributed by atoms with E-state index in [1.165, 1.54) is 0 Å². The Labute approximate surface area is 147 Å². The molecule has 1 amide bonds. The van der Waals surface area contributed by atoms with E-state index < -0.39 is 8.32 Å². The number of likely N-dealkylation sites (tertiary alicyclic amines) is 1. The molecule has 0 N–H and O–H groups in total. The summed E-state index contributed by atoms with van der Waals surface area (Å²) in [5.74, 6) is 0. The summed E-state index contributed by atoms with van der Waals surface area (Å²) in [6.45, 7) is 12.9. The highest BCUT2D eigenvalue weighted by atomic mass is 28.4. The summed E-state index contributed by atoms with van der Waals surface area (Å²) in [5.41, 5.74) is 1.01. The highest BCUT2D eigenvalue weighted by Crippen LogP contribution is 2.37. The Morgan fingerprint density at radius 1 is 1.25 bits per heavy atom. The quantitative estimate of drug-likeness (QED) is 0.716. The first kappa shape index (κ1) is 19.0. The maximum Gasteiger partial charge on any atom is 0.410 e. The van der Waals surface area contributed by atoms with Gasteiger partial charge in [-0.25, -0.2) is 4.79 Å². The fraction of sp³-hybridized carbons (Fsp3) is 0.632. The van der Waals surface area contributed by atoms with Crippen molar-refractivity contribution in [3.05, 3.63) is 35.9 Å². The summed E-state index contributed by atoms with van der Waals surface area (Å²) in [6.07, 6.45) is 1.79. The number of benzene rings is 1. The maximum absolute atomic E-state index is 12.4. The van der Waals surface area contributed by atoms with Crippen LogP contribution < -0.4 is 0 Å². The molecule has 1 aliphatic heterocycles. The normalized spacial score (nSPS) is 18.7. The summed E-state index contributed by atoms with van der Waals surface area (Å²) in [4.78, 5) is 14.3. The summed E-state index contributed by atoms with van der Waals surface area (Å²) in [6, 6.07) is 9.94. The zero-order chi connectivity index (χ0) is 17.8. The minimum atomic E-state index is -1.79. The zero-order valence-electron chi connectivity index (χ0n) is 15.7. The predicted octanol–water partition coefficient (Wildman–Crippen LogP) is 4.81. The second-order valence-corrected chi connectivity index (χ2v) is 12.9. The first-order chi connectivity index (χ1) is 11.2. The average Bonchev–Trinajstić information content (AvgIpc) is 2.99. The molecule has 0 aliphatic carbocycles. The fourth-order valence-electron chi connectivity index (χ4n) is 2.57. The first-order valence-electron chi connectivity index (χ1n) is 8.82. The third-order valence-corrected chi connectivity index (χ3v) is 9.76. The largest absolute Gasteiger partial charge is 0.445 e. The Bertz CT molecular complexity index is 539. The van der Waals surface area contributed by atoms with Crippen molar-refractivity contribution in [2.75, 3.05) is 13.2 Å². The van der Waals surface area contributed by atoms with Crippen molar-refractivity contribution in [2.24, 2.45) is 0 Å². The Hall–Kier alpha value is -1.33. The number of amides is 1. The van der Waals surface area contributed by atoms with Gasteiger partial charge in [0, 0.05) is 6.54 Å². The van der Waals surface area contributed by atoms with E-state index in [2.05, 4.69) is 33.9 Å². The molecule has 4 nitrogen and oxygen atoms in total. The second kappa shape index (κ2) is 7.70. The van der Waals surface area contributed by atoms with Crippen LogP contribution in [0.5, 0.6) is 0 Å². The van der Waals surface area contributed by atoms with Crippen LogP contribution in [0, 0.1) is 0 Å². The van der Waals surface area contributed by atoms with Crippen LogP contribution >= 0.6 is 0 Å². The lowest BCUT2D eigenvalue weighted by Crippen LogP contribution is -2.46. The summed E-state index contributed by atoms with van der Waals surface area (Å²) in [5, 5.41) is 0.185. The van der Waals surface area contributed by atoms with Gasteiger partial charge in [-0.15, -0.1) is 0 Å². The highest BCUT2D eigenvalue weighted by molar-refractivity contribution is 6.74. The minimum absolute atomic E-state index is 0.141. The molecule has 0 aromatic heterocycles. The molecule has 0 bridgehead atoms. The van der Waals surface area contributed by atoms with Crippen molar-refractivity contribution in [1.29, 1.82) is 0 Å². The molecular weight excluding hydrogens is 318 g/mol. The molecular formula is C19H31NO3Si. The molecule has 134 valence electrons. The van der Waals surface area contributed by atoms with Gasteiger partial charge in [-0.1, -0.05) is 51.1 Å². The Morgan fingerprint density at radius 3 is 2.54 bits per heavy atom. The highest BCUT2D eigenvalue weighted by Gasteiger charge is 2.39. The average molecular weight is 350 g/mol. The SMILES string of the molecule is CC(C)(C)[Si](C)(C)OC[C@@H]1CCCN1C(=O)OCc1ccccc1. The van der Waals surface area contributed by atoms with Gasteiger partial charge in [-0.05, 0) is 36.5 Å². The van der Waals surface area contributed by atoms with Crippen LogP contribution in [0.25, 0.3) is 0 Å². The monoisotopic (exact) mass is 349 g/mol. The van der Waals surface area contributed by atoms with E-state index in [0.717, 1.165) is 24.9 Å². The third kappa shape index (κ3) is 4.83. The van der Waals surface area contributed by atoms with Gasteiger partial charge in [-0.3, -0.25) is 0 Å². The standard InChI is InChI=1S/C19H31NO3Si/c1-19(2,3)24(4,5)23-15-17-12-9-13-20(17)18(21)22-14-16-10-7-6-8-11-16/h6-8,10-11,17H,9,12-15H2,1-5H3/t17-/m0/s1. The van der Waals surface area contributed by atoms with Gasteiger partial charge in [0.05, 0.1) is 12.6 Å². The Morgan fingerprint density at radius 2 is 1.92 bits per heavy atom. The van der Waals surface area contributed by atoms with E-state index in [0.29, 0.717) is 13.2 Å². The lowest BCUT2D eigenvalue weighted by atomic mass is 10.2. The third-order valence-electron chi connectivity index (χ3n) is 5.26. The van der Waals surface area contributed by atoms with E-state index in [1.54, 1.807) is 0 Å². The number of carbonyl (C=O) groups excluding carboxylic acids is 1. The van der Waals surface area contributed by atoms with Gasteiger partial charge in [0.25, 0.3) is 0 Å². The molecule has 0 radical (unpaired) electrons. The number of ether oxygens (including phenoxy) is 1. The molecule has 0 spiro atoms. The molecule has 0 unspecified atom stereocenters. The number of hydrogen-bond acceptors (Lipinski definition) is 3. The van der Waals surface area contributed by atoms with Crippen LogP contribution in [0.15, 0.2) is 30.3 Å². The van der Waals surface area contributed by atoms with Crippen LogP contribution in [-0.4, -0.2) is 38.5 Å². The van der Waals surface area contributed by atoms with Gasteiger partial charge < -0.3 is 14.1 Å². The smallest absolute Gasteiger partial charge is 0.410 e. The molecule has 0 saturated carbocycles. The number of rotatable bonds is 5. The van der Waals surface area contributed by atoms with Gasteiger partial charge >= 0.3 is 6.09 Å². The van der Waals surface area contributed by atoms with Crippen molar-refractivity contribution < 1.29 is 14.0 Å². The summed E-state index contributed by atoms with van der Waals surface area (Å²) in [7, 11) is -1.79. The molecule has 1 fully saturated rings. The number of hydrogen-bond donors (Lipinski definition) is 0. The van der Waals surface area contributed by atoms with E-state index >= 15 is 0 Å². The van der Waals surface area contributed by atoms with E-state index in [9.17, 15) is 4.79 Å². The Balaban J connectivity index is 1.87. The van der Waals surface area contributed by atoms with Gasteiger partial charge in [0.15, 0.2) is 8.32 Å². The van der Waals surface area contributed by atoms with Crippen LogP contribution in [0.4, 0.5) is 4.79 Å². The van der Waals surface area contributed by atoms with Gasteiger partial charge in [0.2, 0.25) is 0 Å². The van der Waals surface area contributed by atoms with Gasteiger partial charge in [0.1, 0.15) is 6.61 Å². The van der Waals surface area contributed by atoms with Crippen molar-refractivity contribution in [3.8, 4) is 0 Å². The molecule has 1 heterocycles. The molecule has 24 heavy (non-hydrogen) atoms. The molecule has 5 heteroatoms. The van der Waals surface area contributed by atoms with Crippen LogP contribution in [0.3, 0.4) is 0 Å². The number of carbonyl (C=O) groups is 1. The molecule has 1 saturated heterocycles. The zero-order valence-corrected chi connectivity index (χ0v) is 16.7. The van der Waals surface area contributed by atoms with E-state index in [1.807, 2.05) is 35.2 Å². The molecule has 1 aromatic rings. The first-order valence-corrected chi connectivity index (χ1v) is 11.7. The van der Waals surface area contributed by atoms with E-state index in [4.69, 9.17) is 9.16 Å². The van der Waals surface area contributed by atoms with Crippen molar-refractivity contribution >= 4 is 14.4 Å². The van der Waals surface area contributed by atoms with Crippen LogP contribution in [0.1, 0.15) is 39.2 Å². The molecule has 2 rings (SSSR count). The lowest BCUT2D eigenvalue weighted by molar-refractivity contribution is 0.0808. The van der Waals surface area contributed by atoms with Crippen LogP contribution in [-0.2, 0) is 15.8 Å². The van der Waals surface area contributed by atoms with Gasteiger partial charge in [-0.2, -0.15) is 0 Å².